The van der Waals surface area contributed by atoms with E-state index in [2.05, 4.69) is 17.0 Å². The van der Waals surface area contributed by atoms with Gasteiger partial charge in [0.2, 0.25) is 6.79 Å². The number of hydrogen-bond donors (Lipinski definition) is 0. The molecule has 3 heterocycles. The monoisotopic (exact) mass is 455 g/mol. The van der Waals surface area contributed by atoms with Crippen molar-refractivity contribution in [3.8, 4) is 11.5 Å². The fourth-order valence-electron chi connectivity index (χ4n) is 6.51. The van der Waals surface area contributed by atoms with E-state index >= 15 is 0 Å². The van der Waals surface area contributed by atoms with Crippen molar-refractivity contribution in [1.82, 2.24) is 4.90 Å². The smallest absolute Gasteiger partial charge is 0.231 e. The maximum absolute atomic E-state index is 12.5. The minimum atomic E-state index is 0.359. The minimum Gasteiger partial charge on any atom is -0.454 e. The van der Waals surface area contributed by atoms with E-state index < -0.39 is 0 Å². The number of para-hydroxylation sites is 1. The highest BCUT2D eigenvalue weighted by Gasteiger charge is 2.28. The maximum atomic E-state index is 12.5. The standard InChI is InChI=1S/C28H41NO4/c30-25(19-23-11-16-31-17-12-23)18-22-6-4-21(5-7-22)8-13-29-14-9-24(10-15-29)26-2-1-3-27-28(26)33-20-32-27/h1-3,21-24H,4-20H2. The highest BCUT2D eigenvalue weighted by Crippen LogP contribution is 2.42. The Hall–Kier alpha value is -1.59. The summed E-state index contributed by atoms with van der Waals surface area (Å²) < 4.78 is 16.7. The van der Waals surface area contributed by atoms with Gasteiger partial charge in [-0.25, -0.2) is 0 Å². The van der Waals surface area contributed by atoms with E-state index in [4.69, 9.17) is 14.2 Å². The molecular weight excluding hydrogens is 414 g/mol. The number of piperidine rings is 1. The van der Waals surface area contributed by atoms with Gasteiger partial charge in [-0.1, -0.05) is 25.0 Å². The van der Waals surface area contributed by atoms with Crippen LogP contribution in [-0.2, 0) is 9.53 Å². The van der Waals surface area contributed by atoms with Gasteiger partial charge < -0.3 is 19.1 Å². The molecule has 5 nitrogen and oxygen atoms in total. The Labute approximate surface area is 199 Å². The zero-order valence-corrected chi connectivity index (χ0v) is 20.1. The molecule has 0 N–H and O–H groups in total. The van der Waals surface area contributed by atoms with Crippen LogP contribution in [0.5, 0.6) is 11.5 Å². The first-order valence-electron chi connectivity index (χ1n) is 13.4. The molecule has 1 saturated carbocycles. The third-order valence-corrected chi connectivity index (χ3v) is 8.65. The molecule has 1 aromatic carbocycles. The fraction of sp³-hybridized carbons (Fsp3) is 0.750. The first kappa shape index (κ1) is 23.2. The predicted molar refractivity (Wildman–Crippen MR) is 129 cm³/mol. The molecular formula is C28H41NO4. The molecule has 0 atom stereocenters. The van der Waals surface area contributed by atoms with Gasteiger partial charge in [-0.15, -0.1) is 0 Å². The summed E-state index contributed by atoms with van der Waals surface area (Å²) in [6, 6.07) is 6.34. The quantitative estimate of drug-likeness (QED) is 0.513. The van der Waals surface area contributed by atoms with Crippen molar-refractivity contribution in [2.45, 2.75) is 76.5 Å². The normalized spacial score (nSPS) is 27.0. The van der Waals surface area contributed by atoms with Crippen molar-refractivity contribution < 1.29 is 19.0 Å². The molecule has 0 amide bonds. The number of ketones is 1. The number of fused-ring (bicyclic) bond motifs is 1. The van der Waals surface area contributed by atoms with Crippen LogP contribution in [-0.4, -0.2) is 50.3 Å². The molecule has 0 aromatic heterocycles. The summed E-state index contributed by atoms with van der Waals surface area (Å²) in [5.74, 6) is 5.07. The first-order chi connectivity index (χ1) is 16.2. The lowest BCUT2D eigenvalue weighted by Crippen LogP contribution is -2.34. The molecule has 3 aliphatic heterocycles. The molecule has 1 aliphatic carbocycles. The van der Waals surface area contributed by atoms with Crippen LogP contribution in [0, 0.1) is 17.8 Å². The number of Topliss-reactive ketones (excluding diaryl/α,β-unsaturated/α-hetero) is 1. The molecule has 4 aliphatic rings. The summed E-state index contributed by atoms with van der Waals surface area (Å²) in [5.41, 5.74) is 1.34. The molecule has 5 heteroatoms. The van der Waals surface area contributed by atoms with E-state index in [1.54, 1.807) is 0 Å². The van der Waals surface area contributed by atoms with Gasteiger partial charge in [0.05, 0.1) is 0 Å². The summed E-state index contributed by atoms with van der Waals surface area (Å²) in [4.78, 5) is 15.2. The minimum absolute atomic E-state index is 0.359. The fourth-order valence-corrected chi connectivity index (χ4v) is 6.51. The third-order valence-electron chi connectivity index (χ3n) is 8.65. The molecule has 182 valence electrons. The van der Waals surface area contributed by atoms with Crippen molar-refractivity contribution in [3.63, 3.8) is 0 Å². The molecule has 0 spiro atoms. The van der Waals surface area contributed by atoms with Gasteiger partial charge in [0.1, 0.15) is 5.78 Å². The molecule has 0 radical (unpaired) electrons. The summed E-state index contributed by atoms with van der Waals surface area (Å²) in [6.45, 7) is 5.65. The maximum Gasteiger partial charge on any atom is 0.231 e. The van der Waals surface area contributed by atoms with Gasteiger partial charge in [-0.05, 0) is 94.3 Å². The van der Waals surface area contributed by atoms with Crippen molar-refractivity contribution in [2.24, 2.45) is 17.8 Å². The van der Waals surface area contributed by atoms with Gasteiger partial charge in [0, 0.05) is 31.6 Å². The number of benzene rings is 1. The number of carbonyl (C=O) groups excluding carboxylic acids is 1. The Balaban J connectivity index is 0.980. The van der Waals surface area contributed by atoms with Crippen LogP contribution in [0.2, 0.25) is 0 Å². The van der Waals surface area contributed by atoms with Crippen LogP contribution in [0.15, 0.2) is 18.2 Å². The number of nitrogens with zero attached hydrogens (tertiary/aromatic N) is 1. The topological polar surface area (TPSA) is 48.0 Å². The van der Waals surface area contributed by atoms with Crippen LogP contribution in [0.3, 0.4) is 0 Å². The van der Waals surface area contributed by atoms with E-state index in [1.165, 1.54) is 70.1 Å². The average Bonchev–Trinajstić information content (AvgIpc) is 3.34. The molecule has 33 heavy (non-hydrogen) atoms. The summed E-state index contributed by atoms with van der Waals surface area (Å²) in [7, 11) is 0. The third kappa shape index (κ3) is 6.10. The lowest BCUT2D eigenvalue weighted by Gasteiger charge is -2.34. The van der Waals surface area contributed by atoms with E-state index in [0.29, 0.717) is 30.3 Å². The molecule has 3 fully saturated rings. The SMILES string of the molecule is O=C(CC1CCOCC1)CC1CCC(CCN2CCC(c3cccc4c3OCO4)CC2)CC1. The van der Waals surface area contributed by atoms with Gasteiger partial charge in [0.25, 0.3) is 0 Å². The molecule has 1 aromatic rings. The van der Waals surface area contributed by atoms with Gasteiger partial charge in [-0.3, -0.25) is 4.79 Å². The first-order valence-corrected chi connectivity index (χ1v) is 13.4. The highest BCUT2D eigenvalue weighted by atomic mass is 16.7. The van der Waals surface area contributed by atoms with E-state index in [1.807, 2.05) is 6.07 Å². The Kier molecular flexibility index (Phi) is 7.88. The second-order valence-electron chi connectivity index (χ2n) is 10.9. The Morgan fingerprint density at radius 2 is 1.55 bits per heavy atom. The van der Waals surface area contributed by atoms with Crippen LogP contribution in [0.25, 0.3) is 0 Å². The molecule has 2 saturated heterocycles. The average molecular weight is 456 g/mol. The van der Waals surface area contributed by atoms with E-state index in [9.17, 15) is 4.79 Å². The zero-order chi connectivity index (χ0) is 22.5. The van der Waals surface area contributed by atoms with Crippen LogP contribution in [0.1, 0.15) is 82.1 Å². The number of ether oxygens (including phenoxy) is 3. The largest absolute Gasteiger partial charge is 0.454 e. The second kappa shape index (κ2) is 11.2. The number of rotatable bonds is 8. The number of carbonyl (C=O) groups is 1. The zero-order valence-electron chi connectivity index (χ0n) is 20.1. The Bertz CT molecular complexity index is 774. The van der Waals surface area contributed by atoms with E-state index in [-0.39, 0.29) is 0 Å². The summed E-state index contributed by atoms with van der Waals surface area (Å²) >= 11 is 0. The highest BCUT2D eigenvalue weighted by molar-refractivity contribution is 5.78. The Morgan fingerprint density at radius 1 is 0.848 bits per heavy atom. The van der Waals surface area contributed by atoms with E-state index in [0.717, 1.165) is 56.3 Å². The number of likely N-dealkylation sites (tertiary alicyclic amines) is 1. The lowest BCUT2D eigenvalue weighted by atomic mass is 9.77. The second-order valence-corrected chi connectivity index (χ2v) is 10.9. The summed E-state index contributed by atoms with van der Waals surface area (Å²) in [5, 5.41) is 0. The Morgan fingerprint density at radius 3 is 2.30 bits per heavy atom. The summed E-state index contributed by atoms with van der Waals surface area (Å²) in [6.07, 6.45) is 12.7. The van der Waals surface area contributed by atoms with Gasteiger partial charge >= 0.3 is 0 Å². The van der Waals surface area contributed by atoms with Gasteiger partial charge in [0.15, 0.2) is 11.5 Å². The van der Waals surface area contributed by atoms with Crippen molar-refractivity contribution in [3.05, 3.63) is 23.8 Å². The molecule has 5 rings (SSSR count). The number of hydrogen-bond acceptors (Lipinski definition) is 5. The lowest BCUT2D eigenvalue weighted by molar-refractivity contribution is -0.121. The van der Waals surface area contributed by atoms with Crippen molar-refractivity contribution >= 4 is 5.78 Å². The molecule has 0 unspecified atom stereocenters. The van der Waals surface area contributed by atoms with Gasteiger partial charge in [-0.2, -0.15) is 0 Å². The van der Waals surface area contributed by atoms with Crippen LogP contribution < -0.4 is 9.47 Å². The predicted octanol–water partition coefficient (Wildman–Crippen LogP) is 5.57. The van der Waals surface area contributed by atoms with Crippen LogP contribution in [0.4, 0.5) is 0 Å². The van der Waals surface area contributed by atoms with Crippen molar-refractivity contribution in [1.29, 1.82) is 0 Å². The van der Waals surface area contributed by atoms with Crippen LogP contribution >= 0.6 is 0 Å². The van der Waals surface area contributed by atoms with Crippen molar-refractivity contribution in [2.75, 3.05) is 39.6 Å². The molecule has 0 bridgehead atoms.